The molecule has 1 aromatic carbocycles. The lowest BCUT2D eigenvalue weighted by Crippen LogP contribution is -2.51. The van der Waals surface area contributed by atoms with E-state index in [2.05, 4.69) is 5.32 Å². The number of rotatable bonds is 6. The molecule has 0 fully saturated rings. The van der Waals surface area contributed by atoms with Crippen molar-refractivity contribution in [3.63, 3.8) is 0 Å². The molecule has 1 atom stereocenters. The molecule has 1 aromatic rings. The predicted octanol–water partition coefficient (Wildman–Crippen LogP) is 2.67. The normalized spacial score (nSPS) is 14.9. The molecule has 0 radical (unpaired) electrons. The van der Waals surface area contributed by atoms with Gasteiger partial charge in [-0.3, -0.25) is 0 Å². The van der Waals surface area contributed by atoms with E-state index in [-0.39, 0.29) is 24.0 Å². The van der Waals surface area contributed by atoms with Gasteiger partial charge in [0.05, 0.1) is 6.61 Å². The lowest BCUT2D eigenvalue weighted by Gasteiger charge is -2.30. The van der Waals surface area contributed by atoms with Crippen LogP contribution in [0.5, 0.6) is 0 Å². The molecule has 0 heterocycles. The number of hydrogen-bond donors (Lipinski definition) is 2. The van der Waals surface area contributed by atoms with Crippen molar-refractivity contribution >= 4 is 11.8 Å². The first-order valence-electron chi connectivity index (χ1n) is 5.73. The molecule has 0 aromatic heterocycles. The van der Waals surface area contributed by atoms with Crippen molar-refractivity contribution < 1.29 is 9.50 Å². The fourth-order valence-electron chi connectivity index (χ4n) is 1.63. The second-order valence-corrected chi connectivity index (χ2v) is 5.75. The van der Waals surface area contributed by atoms with E-state index in [0.717, 1.165) is 0 Å². The van der Waals surface area contributed by atoms with Gasteiger partial charge in [-0.2, -0.15) is 0 Å². The van der Waals surface area contributed by atoms with E-state index in [1.165, 1.54) is 17.8 Å². The minimum absolute atomic E-state index is 0.0344. The van der Waals surface area contributed by atoms with E-state index in [0.29, 0.717) is 10.6 Å². The summed E-state index contributed by atoms with van der Waals surface area (Å²) in [7, 11) is 0. The monoisotopic (exact) mass is 257 g/mol. The molecule has 0 amide bonds. The van der Waals surface area contributed by atoms with Crippen molar-refractivity contribution in [3.05, 3.63) is 30.1 Å². The first kappa shape index (κ1) is 14.5. The van der Waals surface area contributed by atoms with Crippen molar-refractivity contribution in [3.8, 4) is 0 Å². The zero-order valence-corrected chi connectivity index (χ0v) is 11.4. The van der Waals surface area contributed by atoms with Crippen LogP contribution < -0.4 is 5.32 Å². The van der Waals surface area contributed by atoms with Crippen LogP contribution in [0.2, 0.25) is 0 Å². The zero-order valence-electron chi connectivity index (χ0n) is 10.5. The molecule has 0 saturated carbocycles. The summed E-state index contributed by atoms with van der Waals surface area (Å²) in [6.45, 7) is 6.04. The Morgan fingerprint density at radius 2 is 2.06 bits per heavy atom. The average Bonchev–Trinajstić information content (AvgIpc) is 2.27. The van der Waals surface area contributed by atoms with Gasteiger partial charge < -0.3 is 10.4 Å². The van der Waals surface area contributed by atoms with Crippen LogP contribution in [0.4, 0.5) is 4.39 Å². The third-order valence-electron chi connectivity index (χ3n) is 2.37. The number of aliphatic hydroxyl groups is 1. The summed E-state index contributed by atoms with van der Waals surface area (Å²) in [5, 5.41) is 12.7. The molecule has 1 rings (SSSR count). The molecule has 2 N–H and O–H groups in total. The van der Waals surface area contributed by atoms with Crippen LogP contribution >= 0.6 is 11.8 Å². The molecule has 0 aliphatic rings. The van der Waals surface area contributed by atoms with E-state index >= 15 is 0 Å². The lowest BCUT2D eigenvalue weighted by atomic mass is 10.1. The third-order valence-corrected chi connectivity index (χ3v) is 3.79. The van der Waals surface area contributed by atoms with Crippen molar-refractivity contribution in [1.29, 1.82) is 0 Å². The number of hydrogen-bond acceptors (Lipinski definition) is 3. The van der Waals surface area contributed by atoms with E-state index < -0.39 is 0 Å². The molecular weight excluding hydrogens is 237 g/mol. The van der Waals surface area contributed by atoms with Crippen LogP contribution in [0.25, 0.3) is 0 Å². The summed E-state index contributed by atoms with van der Waals surface area (Å²) in [6.07, 6.45) is 0. The van der Waals surface area contributed by atoms with Crippen molar-refractivity contribution in [2.75, 3.05) is 12.4 Å². The molecule has 0 spiro atoms. The fraction of sp³-hybridized carbons (Fsp3) is 0.538. The van der Waals surface area contributed by atoms with Gasteiger partial charge in [0.2, 0.25) is 0 Å². The molecule has 4 heteroatoms. The lowest BCUT2D eigenvalue weighted by molar-refractivity contribution is 0.183. The highest BCUT2D eigenvalue weighted by molar-refractivity contribution is 7.99. The first-order chi connectivity index (χ1) is 7.97. The molecule has 2 nitrogen and oxygen atoms in total. The van der Waals surface area contributed by atoms with Crippen LogP contribution in [-0.2, 0) is 0 Å². The summed E-state index contributed by atoms with van der Waals surface area (Å²) in [6, 6.07) is 6.99. The van der Waals surface area contributed by atoms with Gasteiger partial charge in [-0.05, 0) is 19.1 Å². The summed E-state index contributed by atoms with van der Waals surface area (Å²) in [5.74, 6) is 0.421. The topological polar surface area (TPSA) is 32.3 Å². The number of benzene rings is 1. The molecule has 0 aliphatic heterocycles. The highest BCUT2D eigenvalue weighted by Crippen LogP contribution is 2.25. The van der Waals surface area contributed by atoms with Crippen molar-refractivity contribution in [1.82, 2.24) is 5.32 Å². The van der Waals surface area contributed by atoms with Gasteiger partial charge in [0, 0.05) is 22.2 Å². The van der Waals surface area contributed by atoms with Gasteiger partial charge in [0.15, 0.2) is 0 Å². The summed E-state index contributed by atoms with van der Waals surface area (Å²) >= 11 is 1.42. The highest BCUT2D eigenvalue weighted by Gasteiger charge is 2.24. The number of aliphatic hydroxyl groups excluding tert-OH is 1. The maximum atomic E-state index is 13.4. The quantitative estimate of drug-likeness (QED) is 0.769. The number of halogens is 1. The molecule has 0 aliphatic carbocycles. The van der Waals surface area contributed by atoms with Gasteiger partial charge in [-0.1, -0.05) is 26.0 Å². The summed E-state index contributed by atoms with van der Waals surface area (Å²) in [4.78, 5) is 0.623. The molecule has 0 bridgehead atoms. The van der Waals surface area contributed by atoms with Crippen LogP contribution in [-0.4, -0.2) is 29.0 Å². The third kappa shape index (κ3) is 4.66. The minimum Gasteiger partial charge on any atom is -0.394 e. The zero-order chi connectivity index (χ0) is 12.9. The molecular formula is C13H20FNOS. The fourth-order valence-corrected chi connectivity index (χ4v) is 2.66. The predicted molar refractivity (Wildman–Crippen MR) is 70.9 cm³/mol. The Morgan fingerprint density at radius 3 is 2.59 bits per heavy atom. The van der Waals surface area contributed by atoms with Gasteiger partial charge >= 0.3 is 0 Å². The Kier molecular flexibility index (Phi) is 5.43. The second-order valence-electron chi connectivity index (χ2n) is 4.74. The van der Waals surface area contributed by atoms with Crippen LogP contribution in [0.1, 0.15) is 20.8 Å². The van der Waals surface area contributed by atoms with E-state index in [4.69, 9.17) is 0 Å². The SMILES string of the molecule is CC(C)NC(C)(CO)CSc1ccccc1F. The smallest absolute Gasteiger partial charge is 0.136 e. The Balaban J connectivity index is 2.62. The standard InChI is InChI=1S/C13H20FNOS/c1-10(2)15-13(3,8-16)9-17-12-7-5-4-6-11(12)14/h4-7,10,15-16H,8-9H2,1-3H3. The first-order valence-corrected chi connectivity index (χ1v) is 6.71. The number of nitrogens with one attached hydrogen (secondary N) is 1. The minimum atomic E-state index is -0.388. The van der Waals surface area contributed by atoms with Gasteiger partial charge in [-0.25, -0.2) is 4.39 Å². The van der Waals surface area contributed by atoms with Crippen LogP contribution in [0, 0.1) is 5.82 Å². The van der Waals surface area contributed by atoms with Crippen LogP contribution in [0.15, 0.2) is 29.2 Å². The maximum Gasteiger partial charge on any atom is 0.136 e. The Morgan fingerprint density at radius 1 is 1.41 bits per heavy atom. The van der Waals surface area contributed by atoms with Crippen molar-refractivity contribution in [2.24, 2.45) is 0 Å². The van der Waals surface area contributed by atoms with Crippen LogP contribution in [0.3, 0.4) is 0 Å². The summed E-state index contributed by atoms with van der Waals surface area (Å²) < 4.78 is 13.4. The molecule has 0 saturated heterocycles. The Bertz CT molecular complexity index is 359. The van der Waals surface area contributed by atoms with Gasteiger partial charge in [-0.15, -0.1) is 11.8 Å². The van der Waals surface area contributed by atoms with E-state index in [9.17, 15) is 9.50 Å². The second kappa shape index (κ2) is 6.38. The van der Waals surface area contributed by atoms with E-state index in [1.807, 2.05) is 26.8 Å². The Labute approximate surface area is 107 Å². The summed E-state index contributed by atoms with van der Waals surface area (Å²) in [5.41, 5.74) is -0.388. The van der Waals surface area contributed by atoms with E-state index in [1.54, 1.807) is 12.1 Å². The largest absolute Gasteiger partial charge is 0.394 e. The molecule has 96 valence electrons. The average molecular weight is 257 g/mol. The highest BCUT2D eigenvalue weighted by atomic mass is 32.2. The Hall–Kier alpha value is -0.580. The maximum absolute atomic E-state index is 13.4. The van der Waals surface area contributed by atoms with Gasteiger partial charge in [0.1, 0.15) is 5.82 Å². The molecule has 17 heavy (non-hydrogen) atoms. The van der Waals surface area contributed by atoms with Crippen molar-refractivity contribution in [2.45, 2.75) is 37.2 Å². The number of thioether (sulfide) groups is 1. The molecule has 1 unspecified atom stereocenters. The van der Waals surface area contributed by atoms with Gasteiger partial charge in [0.25, 0.3) is 0 Å².